The molecule has 0 bridgehead atoms. The van der Waals surface area contributed by atoms with Crippen LogP contribution >= 0.6 is 0 Å². The molecule has 0 heterocycles. The van der Waals surface area contributed by atoms with E-state index >= 15 is 0 Å². The average molecular weight is 181 g/mol. The van der Waals surface area contributed by atoms with Gasteiger partial charge in [0, 0.05) is 12.6 Å². The lowest BCUT2D eigenvalue weighted by atomic mass is 10.1. The van der Waals surface area contributed by atoms with E-state index in [1.807, 2.05) is 13.0 Å². The number of benzene rings is 1. The number of hydrogen-bond donors (Lipinski definition) is 1. The molecule has 2 heteroatoms. The predicted molar refractivity (Wildman–Crippen MR) is 53.1 cm³/mol. The topological polar surface area (TPSA) is 12.0 Å². The highest BCUT2D eigenvalue weighted by molar-refractivity contribution is 5.27. The zero-order chi connectivity index (χ0) is 9.84. The fourth-order valence-electron chi connectivity index (χ4n) is 1.16. The summed E-state index contributed by atoms with van der Waals surface area (Å²) in [5, 5.41) is 3.26. The average Bonchev–Trinajstić information content (AvgIpc) is 2.07. The molecule has 0 atom stereocenters. The molecule has 0 aromatic heterocycles. The van der Waals surface area contributed by atoms with Crippen LogP contribution in [0.5, 0.6) is 0 Å². The van der Waals surface area contributed by atoms with Crippen molar-refractivity contribution in [1.82, 2.24) is 5.32 Å². The van der Waals surface area contributed by atoms with Gasteiger partial charge in [-0.1, -0.05) is 26.0 Å². The van der Waals surface area contributed by atoms with Crippen molar-refractivity contribution in [2.75, 3.05) is 0 Å². The van der Waals surface area contributed by atoms with Gasteiger partial charge in [-0.15, -0.1) is 0 Å². The number of halogens is 1. The zero-order valence-electron chi connectivity index (χ0n) is 8.39. The molecule has 1 nitrogen and oxygen atoms in total. The van der Waals surface area contributed by atoms with Gasteiger partial charge in [-0.2, -0.15) is 0 Å². The number of hydrogen-bond acceptors (Lipinski definition) is 1. The highest BCUT2D eigenvalue weighted by Gasteiger charge is 2.02. The van der Waals surface area contributed by atoms with E-state index < -0.39 is 0 Å². The van der Waals surface area contributed by atoms with Gasteiger partial charge in [-0.3, -0.25) is 0 Å². The van der Waals surface area contributed by atoms with Crippen LogP contribution in [0.2, 0.25) is 0 Å². The van der Waals surface area contributed by atoms with Crippen LogP contribution in [0.4, 0.5) is 4.39 Å². The van der Waals surface area contributed by atoms with Gasteiger partial charge in [0.15, 0.2) is 0 Å². The Bertz CT molecular complexity index is 281. The van der Waals surface area contributed by atoms with E-state index in [4.69, 9.17) is 0 Å². The molecule has 0 saturated heterocycles. The zero-order valence-corrected chi connectivity index (χ0v) is 8.39. The van der Waals surface area contributed by atoms with Gasteiger partial charge >= 0.3 is 0 Å². The van der Waals surface area contributed by atoms with E-state index in [2.05, 4.69) is 19.2 Å². The largest absolute Gasteiger partial charge is 0.310 e. The second-order valence-corrected chi connectivity index (χ2v) is 3.56. The van der Waals surface area contributed by atoms with Gasteiger partial charge in [0.25, 0.3) is 0 Å². The summed E-state index contributed by atoms with van der Waals surface area (Å²) in [7, 11) is 0. The smallest absolute Gasteiger partial charge is 0.126 e. The molecule has 0 aliphatic heterocycles. The summed E-state index contributed by atoms with van der Waals surface area (Å²) < 4.78 is 13.1. The third-order valence-corrected chi connectivity index (χ3v) is 2.08. The van der Waals surface area contributed by atoms with Crippen LogP contribution in [0.1, 0.15) is 25.0 Å². The Morgan fingerprint density at radius 2 is 2.08 bits per heavy atom. The van der Waals surface area contributed by atoms with Gasteiger partial charge in [-0.05, 0) is 24.1 Å². The molecule has 1 rings (SSSR count). The van der Waals surface area contributed by atoms with E-state index in [0.29, 0.717) is 6.04 Å². The molecule has 13 heavy (non-hydrogen) atoms. The quantitative estimate of drug-likeness (QED) is 0.755. The second kappa shape index (κ2) is 4.38. The minimum Gasteiger partial charge on any atom is -0.310 e. The molecule has 0 amide bonds. The predicted octanol–water partition coefficient (Wildman–Crippen LogP) is 2.63. The molecule has 1 aromatic carbocycles. The Morgan fingerprint density at radius 1 is 1.38 bits per heavy atom. The minimum atomic E-state index is -0.122. The van der Waals surface area contributed by atoms with Crippen molar-refractivity contribution in [1.29, 1.82) is 0 Å². The normalized spacial score (nSPS) is 10.8. The Hall–Kier alpha value is -0.890. The first-order valence-electron chi connectivity index (χ1n) is 4.58. The third kappa shape index (κ3) is 2.81. The lowest BCUT2D eigenvalue weighted by molar-refractivity contribution is 0.576. The minimum absolute atomic E-state index is 0.122. The van der Waals surface area contributed by atoms with Crippen molar-refractivity contribution < 1.29 is 4.39 Å². The SMILES string of the molecule is Cc1c(F)cccc1CNC(C)C. The summed E-state index contributed by atoms with van der Waals surface area (Å²) in [6.45, 7) is 6.71. The maximum absolute atomic E-state index is 13.1. The van der Waals surface area contributed by atoms with Crippen LogP contribution in [-0.4, -0.2) is 6.04 Å². The fourth-order valence-corrected chi connectivity index (χ4v) is 1.16. The summed E-state index contributed by atoms with van der Waals surface area (Å²) in [6, 6.07) is 5.63. The van der Waals surface area contributed by atoms with E-state index in [0.717, 1.165) is 17.7 Å². The molecule has 0 spiro atoms. The molecule has 0 saturated carbocycles. The lowest BCUT2D eigenvalue weighted by Crippen LogP contribution is -2.22. The Balaban J connectivity index is 2.71. The maximum Gasteiger partial charge on any atom is 0.126 e. The summed E-state index contributed by atoms with van der Waals surface area (Å²) >= 11 is 0. The van der Waals surface area contributed by atoms with Crippen LogP contribution < -0.4 is 5.32 Å². The molecule has 1 aromatic rings. The molecular weight excluding hydrogens is 165 g/mol. The fraction of sp³-hybridized carbons (Fsp3) is 0.455. The monoisotopic (exact) mass is 181 g/mol. The van der Waals surface area contributed by atoms with Crippen molar-refractivity contribution in [3.05, 3.63) is 35.1 Å². The van der Waals surface area contributed by atoms with Crippen LogP contribution in [0.15, 0.2) is 18.2 Å². The summed E-state index contributed by atoms with van der Waals surface area (Å²) in [4.78, 5) is 0. The molecule has 1 N–H and O–H groups in total. The molecule has 0 unspecified atom stereocenters. The van der Waals surface area contributed by atoms with Crippen LogP contribution in [0.3, 0.4) is 0 Å². The Kier molecular flexibility index (Phi) is 3.43. The Labute approximate surface area is 79.0 Å². The van der Waals surface area contributed by atoms with Crippen molar-refractivity contribution >= 4 is 0 Å². The molecular formula is C11H16FN. The summed E-state index contributed by atoms with van der Waals surface area (Å²) in [5.41, 5.74) is 1.78. The third-order valence-electron chi connectivity index (χ3n) is 2.08. The van der Waals surface area contributed by atoms with Gasteiger partial charge in [0.2, 0.25) is 0 Å². The van der Waals surface area contributed by atoms with Crippen molar-refractivity contribution in [3.63, 3.8) is 0 Å². The van der Waals surface area contributed by atoms with E-state index in [9.17, 15) is 4.39 Å². The van der Waals surface area contributed by atoms with E-state index in [1.54, 1.807) is 6.07 Å². The number of rotatable bonds is 3. The summed E-state index contributed by atoms with van der Waals surface area (Å²) in [6.07, 6.45) is 0. The van der Waals surface area contributed by atoms with Crippen molar-refractivity contribution in [2.45, 2.75) is 33.4 Å². The first-order valence-corrected chi connectivity index (χ1v) is 4.58. The molecule has 0 aliphatic rings. The van der Waals surface area contributed by atoms with E-state index in [-0.39, 0.29) is 5.82 Å². The first-order chi connectivity index (χ1) is 6.11. The number of nitrogens with one attached hydrogen (secondary N) is 1. The lowest BCUT2D eigenvalue weighted by Gasteiger charge is -2.10. The first kappa shape index (κ1) is 10.2. The van der Waals surface area contributed by atoms with Crippen LogP contribution in [0, 0.1) is 12.7 Å². The van der Waals surface area contributed by atoms with E-state index in [1.165, 1.54) is 6.07 Å². The second-order valence-electron chi connectivity index (χ2n) is 3.56. The maximum atomic E-state index is 13.1. The molecule has 0 aliphatic carbocycles. The highest BCUT2D eigenvalue weighted by atomic mass is 19.1. The Morgan fingerprint density at radius 3 is 2.69 bits per heavy atom. The van der Waals surface area contributed by atoms with Gasteiger partial charge in [0.05, 0.1) is 0 Å². The molecule has 72 valence electrons. The van der Waals surface area contributed by atoms with Crippen LogP contribution in [0.25, 0.3) is 0 Å². The molecule has 0 radical (unpaired) electrons. The highest BCUT2D eigenvalue weighted by Crippen LogP contribution is 2.11. The van der Waals surface area contributed by atoms with Gasteiger partial charge in [-0.25, -0.2) is 4.39 Å². The van der Waals surface area contributed by atoms with Gasteiger partial charge < -0.3 is 5.32 Å². The molecule has 0 fully saturated rings. The van der Waals surface area contributed by atoms with Crippen molar-refractivity contribution in [2.24, 2.45) is 0 Å². The van der Waals surface area contributed by atoms with Crippen LogP contribution in [-0.2, 0) is 6.54 Å². The van der Waals surface area contributed by atoms with Gasteiger partial charge in [0.1, 0.15) is 5.82 Å². The standard InChI is InChI=1S/C11H16FN/c1-8(2)13-7-10-5-4-6-11(12)9(10)3/h4-6,8,13H,7H2,1-3H3. The van der Waals surface area contributed by atoms with Crippen molar-refractivity contribution in [3.8, 4) is 0 Å². The summed E-state index contributed by atoms with van der Waals surface area (Å²) in [5.74, 6) is -0.122.